The first-order valence-corrected chi connectivity index (χ1v) is 1.93. The Kier molecular flexibility index (Phi) is 89.1. The fraction of sp³-hybridized carbons (Fsp3) is 0. The van der Waals surface area contributed by atoms with Crippen LogP contribution in [0.5, 0.6) is 0 Å². The van der Waals surface area contributed by atoms with Crippen LogP contribution in [0.25, 0.3) is 0 Å². The molecule has 2 radical (unpaired) electrons. The summed E-state index contributed by atoms with van der Waals surface area (Å²) in [5.74, 6) is 0. The van der Waals surface area contributed by atoms with Gasteiger partial charge in [0, 0.05) is 0 Å². The Morgan fingerprint density at radius 3 is 1.25 bits per heavy atom. The number of hydrogen-bond donors (Lipinski definition) is 0. The predicted molar refractivity (Wildman–Crippen MR) is 7.13 cm³/mol. The molecule has 0 heterocycles. The molecule has 0 aromatic heterocycles. The van der Waals surface area contributed by atoms with E-state index in [0.29, 0.717) is 22.5 Å². The van der Waals surface area contributed by atoms with E-state index in [4.69, 9.17) is 6.94 Å². The third kappa shape index (κ3) is 12.9. The van der Waals surface area contributed by atoms with E-state index in [1.807, 2.05) is 0 Å². The topological polar surface area (TPSA) is 34.1 Å². The Bertz CT molecular complexity index is 8.00. The standard InChI is InChI=1S/Co.2O.Sn. The summed E-state index contributed by atoms with van der Waals surface area (Å²) in [5.41, 5.74) is 0. The second-order valence-electron chi connectivity index (χ2n) is 0. The van der Waals surface area contributed by atoms with Gasteiger partial charge in [0.05, 0.1) is 0 Å². The normalized spacial score (nSPS) is 2.25. The molecule has 0 aromatic rings. The second-order valence-corrected chi connectivity index (χ2v) is 0. The molecule has 0 bridgehead atoms. The van der Waals surface area contributed by atoms with E-state index >= 15 is 0 Å². The molecule has 0 aromatic carbocycles. The van der Waals surface area contributed by atoms with E-state index in [0.717, 1.165) is 0 Å². The maximum atomic E-state index is 8.34. The third-order valence-corrected chi connectivity index (χ3v) is 0. The van der Waals surface area contributed by atoms with Crippen LogP contribution in [0.3, 0.4) is 0 Å². The van der Waals surface area contributed by atoms with Gasteiger partial charge in [-0.1, -0.05) is 0 Å². The Balaban J connectivity index is 0. The van der Waals surface area contributed by atoms with Crippen LogP contribution in [-0.4, -0.2) is 22.5 Å². The van der Waals surface area contributed by atoms with Gasteiger partial charge in [0.25, 0.3) is 0 Å². The SMILES string of the molecule is [O]=[Co].[O]=[Sn]. The average Bonchev–Trinajstić information content (AvgIpc) is 1.50. The molecule has 2 nitrogen and oxygen atoms in total. The molecule has 0 atom stereocenters. The van der Waals surface area contributed by atoms with E-state index in [1.165, 1.54) is 0 Å². The molecular weight excluding hydrogens is 210 g/mol. The van der Waals surface area contributed by atoms with Crippen molar-refractivity contribution in [3.63, 3.8) is 0 Å². The van der Waals surface area contributed by atoms with Crippen molar-refractivity contribution in [1.82, 2.24) is 0 Å². The third-order valence-electron chi connectivity index (χ3n) is 0. The molecule has 25 valence electrons. The van der Waals surface area contributed by atoms with E-state index in [2.05, 4.69) is 15.7 Å². The number of hydrogen-bond acceptors (Lipinski definition) is 2. The van der Waals surface area contributed by atoms with Crippen LogP contribution in [0.15, 0.2) is 0 Å². The predicted octanol–water partition coefficient (Wildman–Crippen LogP) is -0.621. The van der Waals surface area contributed by atoms with Crippen molar-refractivity contribution in [2.45, 2.75) is 0 Å². The van der Waals surface area contributed by atoms with Gasteiger partial charge in [0.2, 0.25) is 0 Å². The zero-order valence-electron chi connectivity index (χ0n) is 1.65. The van der Waals surface area contributed by atoms with Crippen molar-refractivity contribution in [3.8, 4) is 0 Å². The van der Waals surface area contributed by atoms with Crippen LogP contribution >= 0.6 is 0 Å². The Hall–Kier alpha value is 0.905. The van der Waals surface area contributed by atoms with Crippen molar-refractivity contribution in [2.75, 3.05) is 0 Å². The fourth-order valence-corrected chi connectivity index (χ4v) is 0. The monoisotopic (exact) mass is 211 g/mol. The van der Waals surface area contributed by atoms with Crippen LogP contribution in [-0.2, 0) is 22.6 Å². The summed E-state index contributed by atoms with van der Waals surface area (Å²) in [4.78, 5) is 0. The van der Waals surface area contributed by atoms with Crippen molar-refractivity contribution < 1.29 is 22.6 Å². The quantitative estimate of drug-likeness (QED) is 0.499. The summed E-state index contributed by atoms with van der Waals surface area (Å²) in [6.45, 7) is 0. The fourth-order valence-electron chi connectivity index (χ4n) is 0. The first-order valence-electron chi connectivity index (χ1n) is 0.340. The number of rotatable bonds is 0. The van der Waals surface area contributed by atoms with Crippen LogP contribution < -0.4 is 0 Å². The van der Waals surface area contributed by atoms with Crippen LogP contribution in [0.4, 0.5) is 0 Å². The van der Waals surface area contributed by atoms with E-state index in [9.17, 15) is 0 Å². The molecule has 0 unspecified atom stereocenters. The molecule has 0 N–H and O–H groups in total. The minimum atomic E-state index is 0.300. The van der Waals surface area contributed by atoms with Gasteiger partial charge in [-0.15, -0.1) is 0 Å². The van der Waals surface area contributed by atoms with Gasteiger partial charge in [0.1, 0.15) is 0 Å². The molecule has 0 spiro atoms. The van der Waals surface area contributed by atoms with Crippen molar-refractivity contribution >= 4 is 22.5 Å². The molecule has 0 fully saturated rings. The Labute approximate surface area is 45.2 Å². The first kappa shape index (κ1) is 8.86. The molecule has 0 aliphatic rings. The molecular formula is CoO2Sn. The zero-order chi connectivity index (χ0) is 4.00. The molecule has 0 rings (SSSR count). The van der Waals surface area contributed by atoms with E-state index in [1.54, 1.807) is 0 Å². The van der Waals surface area contributed by atoms with Crippen molar-refractivity contribution in [3.05, 3.63) is 0 Å². The van der Waals surface area contributed by atoms with Gasteiger partial charge >= 0.3 is 45.1 Å². The van der Waals surface area contributed by atoms with E-state index < -0.39 is 0 Å². The zero-order valence-corrected chi connectivity index (χ0v) is 5.54. The van der Waals surface area contributed by atoms with Gasteiger partial charge in [0.15, 0.2) is 0 Å². The van der Waals surface area contributed by atoms with Gasteiger partial charge in [-0.2, -0.15) is 0 Å². The molecule has 0 aliphatic carbocycles. The van der Waals surface area contributed by atoms with Crippen molar-refractivity contribution in [1.29, 1.82) is 0 Å². The maximum absolute atomic E-state index is 8.34. The molecule has 0 saturated carbocycles. The second kappa shape index (κ2) is 40.2. The van der Waals surface area contributed by atoms with Gasteiger partial charge < -0.3 is 0 Å². The summed E-state index contributed by atoms with van der Waals surface area (Å²) >= 11 is 2.61. The molecule has 0 aliphatic heterocycles. The summed E-state index contributed by atoms with van der Waals surface area (Å²) in [7, 11) is 0. The van der Waals surface area contributed by atoms with Gasteiger partial charge in [-0.25, -0.2) is 0 Å². The summed E-state index contributed by atoms with van der Waals surface area (Å²) < 4.78 is 16.3. The Morgan fingerprint density at radius 1 is 1.25 bits per heavy atom. The molecule has 4 heteroatoms. The van der Waals surface area contributed by atoms with E-state index in [-0.39, 0.29) is 0 Å². The molecule has 0 amide bonds. The van der Waals surface area contributed by atoms with Crippen LogP contribution in [0.2, 0.25) is 0 Å². The minimum absolute atomic E-state index is 0.300. The summed E-state index contributed by atoms with van der Waals surface area (Å²) in [5, 5.41) is 0. The van der Waals surface area contributed by atoms with Crippen molar-refractivity contribution in [2.24, 2.45) is 0 Å². The van der Waals surface area contributed by atoms with Gasteiger partial charge in [-0.3, -0.25) is 0 Å². The van der Waals surface area contributed by atoms with Crippen LogP contribution in [0, 0.1) is 0 Å². The summed E-state index contributed by atoms with van der Waals surface area (Å²) in [6.07, 6.45) is 0. The molecule has 0 saturated heterocycles. The van der Waals surface area contributed by atoms with Crippen LogP contribution in [0.1, 0.15) is 0 Å². The van der Waals surface area contributed by atoms with Gasteiger partial charge in [-0.05, 0) is 0 Å². The average molecular weight is 210 g/mol. The molecule has 4 heavy (non-hydrogen) atoms. The first-order chi connectivity index (χ1) is 2.00. The Morgan fingerprint density at radius 2 is 1.25 bits per heavy atom. The summed E-state index contributed by atoms with van der Waals surface area (Å²) in [6, 6.07) is 0.